The molecule has 0 radical (unpaired) electrons. The van der Waals surface area contributed by atoms with Crippen molar-refractivity contribution in [1.82, 2.24) is 4.98 Å². The summed E-state index contributed by atoms with van der Waals surface area (Å²) in [6.07, 6.45) is 1.75. The van der Waals surface area contributed by atoms with Crippen LogP contribution in [0.4, 0.5) is 0 Å². The summed E-state index contributed by atoms with van der Waals surface area (Å²) in [6.45, 7) is 1.80. The Morgan fingerprint density at radius 3 is 2.60 bits per heavy atom. The van der Waals surface area contributed by atoms with E-state index in [0.29, 0.717) is 0 Å². The second-order valence-corrected chi connectivity index (χ2v) is 5.88. The number of halogens is 1. The Balaban J connectivity index is 2.23. The van der Waals surface area contributed by atoms with Crippen molar-refractivity contribution >= 4 is 26.8 Å². The minimum absolute atomic E-state index is 0.814. The van der Waals surface area contributed by atoms with E-state index in [9.17, 15) is 5.11 Å². The van der Waals surface area contributed by atoms with Gasteiger partial charge in [-0.05, 0) is 30.7 Å². The van der Waals surface area contributed by atoms with E-state index < -0.39 is 5.60 Å². The Hall–Kier alpha value is -1.71. The maximum atomic E-state index is 11.0. The fraction of sp³-hybridized carbons (Fsp3) is 0.118. The molecule has 1 N–H and O–H groups in total. The van der Waals surface area contributed by atoms with Gasteiger partial charge >= 0.3 is 0 Å². The molecule has 0 bridgehead atoms. The summed E-state index contributed by atoms with van der Waals surface area (Å²) < 4.78 is 0.948. The summed E-state index contributed by atoms with van der Waals surface area (Å²) in [5, 5.41) is 12.0. The third kappa shape index (κ3) is 2.23. The fourth-order valence-electron chi connectivity index (χ4n) is 2.44. The number of benzene rings is 2. The Bertz CT molecular complexity index is 762. The summed E-state index contributed by atoms with van der Waals surface area (Å²) in [7, 11) is 0. The minimum Gasteiger partial charge on any atom is -0.381 e. The lowest BCUT2D eigenvalue weighted by molar-refractivity contribution is 0.104. The molecule has 100 valence electrons. The average Bonchev–Trinajstić information content (AvgIpc) is 2.46. The summed E-state index contributed by atoms with van der Waals surface area (Å²) in [6, 6.07) is 17.5. The molecule has 1 aromatic heterocycles. The van der Waals surface area contributed by atoms with Gasteiger partial charge in [-0.2, -0.15) is 0 Å². The molecular weight excluding hydrogens is 314 g/mol. The van der Waals surface area contributed by atoms with Gasteiger partial charge < -0.3 is 5.11 Å². The highest BCUT2D eigenvalue weighted by Crippen LogP contribution is 2.34. The van der Waals surface area contributed by atoms with E-state index in [2.05, 4.69) is 20.9 Å². The minimum atomic E-state index is -1.09. The van der Waals surface area contributed by atoms with Crippen molar-refractivity contribution in [2.24, 2.45) is 0 Å². The first kappa shape index (κ1) is 13.3. The van der Waals surface area contributed by atoms with Gasteiger partial charge in [-0.25, -0.2) is 0 Å². The molecule has 0 fully saturated rings. The van der Waals surface area contributed by atoms with Crippen LogP contribution in [0.3, 0.4) is 0 Å². The summed E-state index contributed by atoms with van der Waals surface area (Å²) >= 11 is 3.45. The lowest BCUT2D eigenvalue weighted by Crippen LogP contribution is -2.23. The van der Waals surface area contributed by atoms with Gasteiger partial charge in [0, 0.05) is 21.6 Å². The molecule has 3 rings (SSSR count). The number of fused-ring (bicyclic) bond motifs is 1. The molecule has 0 aliphatic rings. The Kier molecular flexibility index (Phi) is 3.32. The standard InChI is InChI=1S/C17H14BrNO/c1-17(20,13-7-3-8-14(18)11-13)15-9-2-5-12-6-4-10-19-16(12)15/h2-11,20H,1H3. The van der Waals surface area contributed by atoms with E-state index in [4.69, 9.17) is 0 Å². The van der Waals surface area contributed by atoms with Gasteiger partial charge in [0.05, 0.1) is 5.52 Å². The number of para-hydroxylation sites is 1. The van der Waals surface area contributed by atoms with E-state index >= 15 is 0 Å². The lowest BCUT2D eigenvalue weighted by atomic mass is 9.87. The first-order valence-corrected chi connectivity index (χ1v) is 7.21. The average molecular weight is 328 g/mol. The van der Waals surface area contributed by atoms with E-state index in [1.165, 1.54) is 0 Å². The quantitative estimate of drug-likeness (QED) is 0.763. The fourth-order valence-corrected chi connectivity index (χ4v) is 2.84. The molecule has 0 spiro atoms. The van der Waals surface area contributed by atoms with Crippen molar-refractivity contribution in [2.75, 3.05) is 0 Å². The van der Waals surface area contributed by atoms with Crippen molar-refractivity contribution in [3.05, 3.63) is 76.4 Å². The molecule has 0 saturated heterocycles. The highest BCUT2D eigenvalue weighted by molar-refractivity contribution is 9.10. The molecule has 0 saturated carbocycles. The van der Waals surface area contributed by atoms with Gasteiger partial charge in [0.1, 0.15) is 5.60 Å². The molecule has 0 aliphatic carbocycles. The smallest absolute Gasteiger partial charge is 0.114 e. The Morgan fingerprint density at radius 2 is 1.80 bits per heavy atom. The normalized spacial score (nSPS) is 14.2. The van der Waals surface area contributed by atoms with Crippen LogP contribution in [-0.2, 0) is 5.60 Å². The van der Waals surface area contributed by atoms with Crippen LogP contribution in [0.2, 0.25) is 0 Å². The summed E-state index contributed by atoms with van der Waals surface area (Å²) in [5.74, 6) is 0. The van der Waals surface area contributed by atoms with Gasteiger partial charge in [-0.1, -0.05) is 52.3 Å². The maximum Gasteiger partial charge on any atom is 0.114 e. The zero-order chi connectivity index (χ0) is 14.2. The highest BCUT2D eigenvalue weighted by Gasteiger charge is 2.28. The Labute approximate surface area is 126 Å². The van der Waals surface area contributed by atoms with Gasteiger partial charge in [-0.15, -0.1) is 0 Å². The predicted octanol–water partition coefficient (Wildman–Crippen LogP) is 4.25. The molecule has 2 nitrogen and oxygen atoms in total. The molecule has 1 unspecified atom stereocenters. The molecule has 0 amide bonds. The van der Waals surface area contributed by atoms with Crippen molar-refractivity contribution in [2.45, 2.75) is 12.5 Å². The van der Waals surface area contributed by atoms with Crippen LogP contribution in [0.1, 0.15) is 18.1 Å². The second kappa shape index (κ2) is 5.00. The van der Waals surface area contributed by atoms with E-state index in [-0.39, 0.29) is 0 Å². The molecule has 2 aromatic carbocycles. The van der Waals surface area contributed by atoms with Crippen LogP contribution < -0.4 is 0 Å². The number of pyridine rings is 1. The van der Waals surface area contributed by atoms with Crippen LogP contribution in [-0.4, -0.2) is 10.1 Å². The number of rotatable bonds is 2. The van der Waals surface area contributed by atoms with E-state index in [0.717, 1.165) is 26.5 Å². The number of aliphatic hydroxyl groups is 1. The summed E-state index contributed by atoms with van der Waals surface area (Å²) in [5.41, 5.74) is 1.40. The van der Waals surface area contributed by atoms with Crippen LogP contribution in [0.15, 0.2) is 65.3 Å². The van der Waals surface area contributed by atoms with Gasteiger partial charge in [0.15, 0.2) is 0 Å². The maximum absolute atomic E-state index is 11.0. The monoisotopic (exact) mass is 327 g/mol. The van der Waals surface area contributed by atoms with Crippen molar-refractivity contribution in [3.8, 4) is 0 Å². The van der Waals surface area contributed by atoms with Gasteiger partial charge in [0.2, 0.25) is 0 Å². The van der Waals surface area contributed by atoms with Gasteiger partial charge in [0.25, 0.3) is 0 Å². The predicted molar refractivity (Wildman–Crippen MR) is 84.6 cm³/mol. The zero-order valence-corrected chi connectivity index (χ0v) is 12.6. The second-order valence-electron chi connectivity index (χ2n) is 4.96. The molecule has 20 heavy (non-hydrogen) atoms. The topological polar surface area (TPSA) is 33.1 Å². The van der Waals surface area contributed by atoms with Gasteiger partial charge in [-0.3, -0.25) is 4.98 Å². The molecule has 1 atom stereocenters. The zero-order valence-electron chi connectivity index (χ0n) is 11.0. The molecule has 3 heteroatoms. The largest absolute Gasteiger partial charge is 0.381 e. The third-order valence-electron chi connectivity index (χ3n) is 3.54. The molecule has 1 heterocycles. The summed E-state index contributed by atoms with van der Waals surface area (Å²) in [4.78, 5) is 4.42. The number of aromatic nitrogens is 1. The first-order chi connectivity index (χ1) is 9.59. The van der Waals surface area contributed by atoms with E-state index in [1.54, 1.807) is 13.1 Å². The number of hydrogen-bond acceptors (Lipinski definition) is 2. The van der Waals surface area contributed by atoms with Crippen LogP contribution in [0.25, 0.3) is 10.9 Å². The third-order valence-corrected chi connectivity index (χ3v) is 4.04. The van der Waals surface area contributed by atoms with Crippen molar-refractivity contribution < 1.29 is 5.11 Å². The van der Waals surface area contributed by atoms with Crippen molar-refractivity contribution in [3.63, 3.8) is 0 Å². The number of nitrogens with zero attached hydrogens (tertiary/aromatic N) is 1. The molecular formula is C17H14BrNO. The lowest BCUT2D eigenvalue weighted by Gasteiger charge is -2.25. The van der Waals surface area contributed by atoms with Crippen LogP contribution in [0, 0.1) is 0 Å². The highest BCUT2D eigenvalue weighted by atomic mass is 79.9. The van der Waals surface area contributed by atoms with Crippen LogP contribution in [0.5, 0.6) is 0 Å². The number of hydrogen-bond donors (Lipinski definition) is 1. The van der Waals surface area contributed by atoms with E-state index in [1.807, 2.05) is 54.6 Å². The first-order valence-electron chi connectivity index (χ1n) is 6.42. The van der Waals surface area contributed by atoms with Crippen LogP contribution >= 0.6 is 15.9 Å². The molecule has 0 aliphatic heterocycles. The van der Waals surface area contributed by atoms with Crippen molar-refractivity contribution in [1.29, 1.82) is 0 Å². The Morgan fingerprint density at radius 1 is 1.05 bits per heavy atom. The SMILES string of the molecule is CC(O)(c1cccc(Br)c1)c1cccc2cccnc12. The molecule has 3 aromatic rings.